The quantitative estimate of drug-likeness (QED) is 0.532. The molecule has 0 aliphatic rings. The van der Waals surface area contributed by atoms with E-state index in [4.69, 9.17) is 8.83 Å². The maximum absolute atomic E-state index is 5.84. The Morgan fingerprint density at radius 1 is 0.632 bits per heavy atom. The molecule has 19 heavy (non-hydrogen) atoms. The summed E-state index contributed by atoms with van der Waals surface area (Å²) in [4.78, 5) is 0. The van der Waals surface area contributed by atoms with Crippen LogP contribution in [-0.2, 0) is 0 Å². The predicted octanol–water partition coefficient (Wildman–Crippen LogP) is 2.83. The standard InChI is InChI=1S/C16H10O2Se/c1-3-7-13-11(5-1)9-15(17-13)19-16-10-12-6-2-4-8-14(12)18-16/h1-10H. The Balaban J connectivity index is 1.73. The molecule has 2 nitrogen and oxygen atoms in total. The molecule has 0 unspecified atom stereocenters. The molecule has 0 amide bonds. The minimum absolute atomic E-state index is 0.0675. The molecule has 4 aromatic rings. The SMILES string of the molecule is c1ccc2oc([Se]c3cc4ccccc4o3)cc2c1. The van der Waals surface area contributed by atoms with Gasteiger partial charge in [-0.25, -0.2) is 0 Å². The average Bonchev–Trinajstić information content (AvgIpc) is 3.00. The molecular weight excluding hydrogens is 303 g/mol. The molecule has 0 saturated carbocycles. The number of furan rings is 2. The second kappa shape index (κ2) is 4.30. The van der Waals surface area contributed by atoms with Crippen LogP contribution in [0.5, 0.6) is 0 Å². The van der Waals surface area contributed by atoms with E-state index in [0.717, 1.165) is 31.3 Å². The Bertz CT molecular complexity index is 719. The van der Waals surface area contributed by atoms with Gasteiger partial charge in [0.1, 0.15) is 0 Å². The Labute approximate surface area is 116 Å². The van der Waals surface area contributed by atoms with Crippen molar-refractivity contribution in [3.8, 4) is 0 Å². The third kappa shape index (κ3) is 1.97. The number of hydrogen-bond acceptors (Lipinski definition) is 2. The molecule has 2 aromatic heterocycles. The van der Waals surface area contributed by atoms with Crippen molar-refractivity contribution < 1.29 is 8.83 Å². The van der Waals surface area contributed by atoms with Crippen LogP contribution in [0.15, 0.2) is 69.5 Å². The fourth-order valence-corrected chi connectivity index (χ4v) is 3.86. The van der Waals surface area contributed by atoms with Crippen LogP contribution in [0.2, 0.25) is 0 Å². The second-order valence-corrected chi connectivity index (χ2v) is 6.43. The van der Waals surface area contributed by atoms with Gasteiger partial charge in [0.2, 0.25) is 0 Å². The van der Waals surface area contributed by atoms with E-state index in [9.17, 15) is 0 Å². The van der Waals surface area contributed by atoms with E-state index in [1.54, 1.807) is 0 Å². The fraction of sp³-hybridized carbons (Fsp3) is 0. The van der Waals surface area contributed by atoms with E-state index in [-0.39, 0.29) is 15.0 Å². The van der Waals surface area contributed by atoms with Gasteiger partial charge >= 0.3 is 116 Å². The van der Waals surface area contributed by atoms with Gasteiger partial charge in [0.25, 0.3) is 0 Å². The Kier molecular flexibility index (Phi) is 2.47. The molecule has 0 fully saturated rings. The number of para-hydroxylation sites is 2. The van der Waals surface area contributed by atoms with Crippen LogP contribution in [0.1, 0.15) is 0 Å². The van der Waals surface area contributed by atoms with Crippen LogP contribution < -0.4 is 9.32 Å². The van der Waals surface area contributed by atoms with Crippen molar-refractivity contribution in [2.24, 2.45) is 0 Å². The molecule has 0 aliphatic carbocycles. The van der Waals surface area contributed by atoms with Crippen molar-refractivity contribution in [1.29, 1.82) is 0 Å². The molecule has 0 aliphatic heterocycles. The predicted molar refractivity (Wildman–Crippen MR) is 77.5 cm³/mol. The second-order valence-electron chi connectivity index (χ2n) is 4.31. The average molecular weight is 313 g/mol. The van der Waals surface area contributed by atoms with E-state index in [1.807, 2.05) is 36.4 Å². The summed E-state index contributed by atoms with van der Waals surface area (Å²) in [5.41, 5.74) is 1.88. The van der Waals surface area contributed by atoms with Crippen LogP contribution in [0.25, 0.3) is 21.9 Å². The first-order valence-electron chi connectivity index (χ1n) is 6.03. The van der Waals surface area contributed by atoms with Crippen molar-refractivity contribution in [1.82, 2.24) is 0 Å². The van der Waals surface area contributed by atoms with Crippen molar-refractivity contribution in [2.75, 3.05) is 0 Å². The van der Waals surface area contributed by atoms with Crippen LogP contribution in [0.3, 0.4) is 0 Å². The van der Waals surface area contributed by atoms with Gasteiger partial charge in [-0.3, -0.25) is 0 Å². The minimum atomic E-state index is 0.0675. The van der Waals surface area contributed by atoms with Crippen molar-refractivity contribution in [2.45, 2.75) is 0 Å². The van der Waals surface area contributed by atoms with Crippen LogP contribution >= 0.6 is 0 Å². The van der Waals surface area contributed by atoms with Crippen LogP contribution in [-0.4, -0.2) is 15.0 Å². The first-order valence-corrected chi connectivity index (χ1v) is 7.75. The van der Waals surface area contributed by atoms with Gasteiger partial charge in [0, 0.05) is 0 Å². The summed E-state index contributed by atoms with van der Waals surface area (Å²) in [5.74, 6) is 0. The summed E-state index contributed by atoms with van der Waals surface area (Å²) in [7, 11) is 0. The zero-order valence-corrected chi connectivity index (χ0v) is 11.7. The van der Waals surface area contributed by atoms with Gasteiger partial charge < -0.3 is 0 Å². The van der Waals surface area contributed by atoms with Crippen LogP contribution in [0.4, 0.5) is 0 Å². The van der Waals surface area contributed by atoms with Gasteiger partial charge in [0.15, 0.2) is 0 Å². The third-order valence-corrected chi connectivity index (χ3v) is 4.70. The number of benzene rings is 2. The zero-order chi connectivity index (χ0) is 12.7. The van der Waals surface area contributed by atoms with E-state index in [1.165, 1.54) is 0 Å². The summed E-state index contributed by atoms with van der Waals surface area (Å²) < 4.78 is 13.7. The van der Waals surface area contributed by atoms with Crippen molar-refractivity contribution in [3.63, 3.8) is 0 Å². The van der Waals surface area contributed by atoms with Gasteiger partial charge in [-0.15, -0.1) is 0 Å². The summed E-state index contributed by atoms with van der Waals surface area (Å²) in [5, 5.41) is 2.30. The zero-order valence-electron chi connectivity index (χ0n) is 10.00. The first kappa shape index (κ1) is 10.9. The Morgan fingerprint density at radius 2 is 1.11 bits per heavy atom. The van der Waals surface area contributed by atoms with E-state index in [0.29, 0.717) is 0 Å². The molecule has 4 rings (SSSR count). The van der Waals surface area contributed by atoms with Crippen LogP contribution in [0, 0.1) is 0 Å². The molecule has 0 bridgehead atoms. The third-order valence-electron chi connectivity index (χ3n) is 3.01. The normalized spacial score (nSPS) is 11.4. The van der Waals surface area contributed by atoms with Crippen molar-refractivity contribution >= 4 is 46.2 Å². The maximum atomic E-state index is 5.84. The van der Waals surface area contributed by atoms with Crippen molar-refractivity contribution in [3.05, 3.63) is 60.7 Å². The molecule has 0 spiro atoms. The fourth-order valence-electron chi connectivity index (χ4n) is 2.11. The van der Waals surface area contributed by atoms with Gasteiger partial charge in [0.05, 0.1) is 0 Å². The van der Waals surface area contributed by atoms with Gasteiger partial charge in [-0.2, -0.15) is 0 Å². The summed E-state index contributed by atoms with van der Waals surface area (Å²) >= 11 is 0.0675. The molecule has 0 radical (unpaired) electrons. The monoisotopic (exact) mass is 314 g/mol. The molecule has 2 aromatic carbocycles. The molecular formula is C16H10O2Se. The number of rotatable bonds is 2. The van der Waals surface area contributed by atoms with Gasteiger partial charge in [-0.1, -0.05) is 0 Å². The summed E-state index contributed by atoms with van der Waals surface area (Å²) in [6.45, 7) is 0. The Hall–Kier alpha value is -1.96. The van der Waals surface area contributed by atoms with E-state index in [2.05, 4.69) is 24.3 Å². The number of fused-ring (bicyclic) bond motifs is 2. The van der Waals surface area contributed by atoms with E-state index < -0.39 is 0 Å². The summed E-state index contributed by atoms with van der Waals surface area (Å²) in [6.07, 6.45) is 0. The molecule has 0 N–H and O–H groups in total. The molecule has 0 atom stereocenters. The molecule has 2 heterocycles. The van der Waals surface area contributed by atoms with E-state index >= 15 is 0 Å². The number of hydrogen-bond donors (Lipinski definition) is 0. The Morgan fingerprint density at radius 3 is 1.58 bits per heavy atom. The topological polar surface area (TPSA) is 26.3 Å². The molecule has 92 valence electrons. The molecule has 3 heteroatoms. The van der Waals surface area contributed by atoms with Gasteiger partial charge in [-0.05, 0) is 0 Å². The summed E-state index contributed by atoms with van der Waals surface area (Å²) in [6, 6.07) is 20.3. The molecule has 0 saturated heterocycles. The first-order chi connectivity index (χ1) is 9.38.